The molecule has 2 atom stereocenters. The molecule has 0 aliphatic heterocycles. The van der Waals surface area contributed by atoms with Gasteiger partial charge in [-0.2, -0.15) is 0 Å². The number of aliphatic carboxylic acids is 2. The molecule has 0 saturated heterocycles. The van der Waals surface area contributed by atoms with E-state index in [2.05, 4.69) is 10.6 Å². The number of nitrogens with one attached hydrogen (secondary N) is 2. The summed E-state index contributed by atoms with van der Waals surface area (Å²) < 4.78 is 0. The summed E-state index contributed by atoms with van der Waals surface area (Å²) in [5.74, 6) is -1.25. The number of hydrogen-bond acceptors (Lipinski definition) is 4. The van der Waals surface area contributed by atoms with Crippen LogP contribution in [0.5, 0.6) is 0 Å². The molecule has 1 rings (SSSR count). The first-order valence-electron chi connectivity index (χ1n) is 15.4. The predicted octanol–water partition coefficient (Wildman–Crippen LogP) is 6.50. The average molecular weight is 539 g/mol. The Balaban J connectivity index is 2.07. The molecule has 38 heavy (non-hydrogen) atoms. The normalized spacial score (nSPS) is 17.2. The second-order valence-corrected chi connectivity index (χ2v) is 11.1. The van der Waals surface area contributed by atoms with Crippen molar-refractivity contribution in [2.24, 2.45) is 0 Å². The molecule has 0 aromatic heterocycles. The highest BCUT2D eigenvalue weighted by atomic mass is 16.4. The van der Waals surface area contributed by atoms with E-state index in [9.17, 15) is 19.2 Å². The summed E-state index contributed by atoms with van der Waals surface area (Å²) in [6.45, 7) is 0. The van der Waals surface area contributed by atoms with Gasteiger partial charge in [0.25, 0.3) is 0 Å². The van der Waals surface area contributed by atoms with Gasteiger partial charge in [0.1, 0.15) is 0 Å². The van der Waals surface area contributed by atoms with E-state index in [0.717, 1.165) is 128 Å². The van der Waals surface area contributed by atoms with Gasteiger partial charge in [-0.15, -0.1) is 0 Å². The fourth-order valence-electron chi connectivity index (χ4n) is 5.28. The summed E-state index contributed by atoms with van der Waals surface area (Å²) in [5.41, 5.74) is 0. The molecule has 2 amide bonds. The number of carbonyl (C=O) groups is 4. The maximum atomic E-state index is 12.5. The molecule has 1 saturated carbocycles. The summed E-state index contributed by atoms with van der Waals surface area (Å²) in [5, 5.41) is 23.7. The van der Waals surface area contributed by atoms with E-state index in [1.807, 2.05) is 0 Å². The Bertz CT molecular complexity index is 613. The Labute approximate surface area is 230 Å². The number of rotatable bonds is 24. The Kier molecular flexibility index (Phi) is 20.4. The zero-order valence-electron chi connectivity index (χ0n) is 23.7. The lowest BCUT2D eigenvalue weighted by molar-refractivity contribution is -0.138. The number of carboxylic acid groups (broad SMARTS) is 2. The van der Waals surface area contributed by atoms with E-state index in [-0.39, 0.29) is 36.7 Å². The van der Waals surface area contributed by atoms with Gasteiger partial charge in [0.2, 0.25) is 11.8 Å². The van der Waals surface area contributed by atoms with Gasteiger partial charge in [0.05, 0.1) is 0 Å². The number of amides is 2. The van der Waals surface area contributed by atoms with Crippen LogP contribution in [0.15, 0.2) is 0 Å². The standard InChI is InChI=1S/C30H54N2O6/c33-27(21-13-9-5-1-3-7-11-15-23-29(35)36)31-25-19-17-18-20-26(25)32-28(34)22-14-10-6-2-4-8-12-16-24-30(37)38/h25-26H,1-24H2,(H,31,33)(H,32,34)(H,35,36)(H,37,38). The van der Waals surface area contributed by atoms with Crippen LogP contribution < -0.4 is 10.6 Å². The van der Waals surface area contributed by atoms with E-state index in [0.29, 0.717) is 12.8 Å². The van der Waals surface area contributed by atoms with Gasteiger partial charge in [-0.05, 0) is 38.5 Å². The molecule has 1 fully saturated rings. The van der Waals surface area contributed by atoms with Crippen LogP contribution >= 0.6 is 0 Å². The lowest BCUT2D eigenvalue weighted by atomic mass is 9.90. The lowest BCUT2D eigenvalue weighted by Crippen LogP contribution is -2.53. The van der Waals surface area contributed by atoms with E-state index in [1.165, 1.54) is 0 Å². The number of carbonyl (C=O) groups excluding carboxylic acids is 2. The minimum atomic E-state index is -0.715. The van der Waals surface area contributed by atoms with Gasteiger partial charge in [-0.3, -0.25) is 19.2 Å². The molecule has 1 aliphatic rings. The Morgan fingerprint density at radius 1 is 0.447 bits per heavy atom. The molecule has 0 heterocycles. The summed E-state index contributed by atoms with van der Waals surface area (Å²) in [6.07, 6.45) is 21.9. The van der Waals surface area contributed by atoms with Crippen molar-refractivity contribution >= 4 is 23.8 Å². The maximum Gasteiger partial charge on any atom is 0.303 e. The van der Waals surface area contributed by atoms with Crippen molar-refractivity contribution in [3.05, 3.63) is 0 Å². The summed E-state index contributed by atoms with van der Waals surface area (Å²) in [4.78, 5) is 46.0. The van der Waals surface area contributed by atoms with Crippen LogP contribution in [0.25, 0.3) is 0 Å². The monoisotopic (exact) mass is 538 g/mol. The molecular formula is C30H54N2O6. The fraction of sp³-hybridized carbons (Fsp3) is 0.867. The van der Waals surface area contributed by atoms with E-state index < -0.39 is 11.9 Å². The molecule has 0 aromatic carbocycles. The van der Waals surface area contributed by atoms with Gasteiger partial charge in [-0.25, -0.2) is 0 Å². The molecule has 0 aromatic rings. The van der Waals surface area contributed by atoms with Crippen LogP contribution in [0.3, 0.4) is 0 Å². The molecule has 1 aliphatic carbocycles. The van der Waals surface area contributed by atoms with E-state index >= 15 is 0 Å². The predicted molar refractivity (Wildman–Crippen MR) is 150 cm³/mol. The van der Waals surface area contributed by atoms with Gasteiger partial charge in [0, 0.05) is 37.8 Å². The summed E-state index contributed by atoms with van der Waals surface area (Å²) >= 11 is 0. The lowest BCUT2D eigenvalue weighted by Gasteiger charge is -2.33. The second kappa shape index (κ2) is 22.8. The average Bonchev–Trinajstić information content (AvgIpc) is 2.87. The van der Waals surface area contributed by atoms with Crippen molar-refractivity contribution in [1.29, 1.82) is 0 Å². The molecule has 0 radical (unpaired) electrons. The highest BCUT2D eigenvalue weighted by Gasteiger charge is 2.27. The third kappa shape index (κ3) is 19.9. The first kappa shape index (κ1) is 33.9. The first-order valence-corrected chi connectivity index (χ1v) is 15.4. The van der Waals surface area contributed by atoms with Gasteiger partial charge in [0.15, 0.2) is 0 Å². The van der Waals surface area contributed by atoms with Crippen LogP contribution in [0.4, 0.5) is 0 Å². The molecule has 220 valence electrons. The van der Waals surface area contributed by atoms with Crippen LogP contribution in [-0.2, 0) is 19.2 Å². The van der Waals surface area contributed by atoms with Crippen molar-refractivity contribution in [1.82, 2.24) is 10.6 Å². The van der Waals surface area contributed by atoms with Gasteiger partial charge in [-0.1, -0.05) is 89.9 Å². The summed E-state index contributed by atoms with van der Waals surface area (Å²) in [7, 11) is 0. The largest absolute Gasteiger partial charge is 0.481 e. The van der Waals surface area contributed by atoms with Crippen molar-refractivity contribution in [2.75, 3.05) is 0 Å². The summed E-state index contributed by atoms with van der Waals surface area (Å²) in [6, 6.07) is 0.0688. The quantitative estimate of drug-likeness (QED) is 0.104. The molecule has 8 heteroatoms. The zero-order valence-corrected chi connectivity index (χ0v) is 23.7. The Hall–Kier alpha value is -2.12. The van der Waals surface area contributed by atoms with Crippen molar-refractivity contribution in [2.45, 2.75) is 166 Å². The molecule has 8 nitrogen and oxygen atoms in total. The fourth-order valence-corrected chi connectivity index (χ4v) is 5.28. The highest BCUT2D eigenvalue weighted by Crippen LogP contribution is 2.20. The van der Waals surface area contributed by atoms with E-state index in [4.69, 9.17) is 10.2 Å². The van der Waals surface area contributed by atoms with Crippen LogP contribution in [-0.4, -0.2) is 46.0 Å². The number of hydrogen-bond donors (Lipinski definition) is 4. The third-order valence-corrected chi connectivity index (χ3v) is 7.55. The Morgan fingerprint density at radius 2 is 0.711 bits per heavy atom. The first-order chi connectivity index (χ1) is 18.4. The topological polar surface area (TPSA) is 133 Å². The van der Waals surface area contributed by atoms with Crippen LogP contribution in [0, 0.1) is 0 Å². The van der Waals surface area contributed by atoms with Crippen molar-refractivity contribution in [3.8, 4) is 0 Å². The Morgan fingerprint density at radius 3 is 1.00 bits per heavy atom. The molecule has 2 unspecified atom stereocenters. The smallest absolute Gasteiger partial charge is 0.303 e. The zero-order chi connectivity index (χ0) is 27.8. The minimum Gasteiger partial charge on any atom is -0.481 e. The molecular weight excluding hydrogens is 484 g/mol. The molecule has 0 bridgehead atoms. The maximum absolute atomic E-state index is 12.5. The van der Waals surface area contributed by atoms with Crippen LogP contribution in [0.1, 0.15) is 154 Å². The van der Waals surface area contributed by atoms with Crippen LogP contribution in [0.2, 0.25) is 0 Å². The van der Waals surface area contributed by atoms with E-state index in [1.54, 1.807) is 0 Å². The molecule has 4 N–H and O–H groups in total. The number of unbranched alkanes of at least 4 members (excludes halogenated alkanes) is 14. The minimum absolute atomic E-state index is 0.0344. The van der Waals surface area contributed by atoms with Gasteiger partial charge < -0.3 is 20.8 Å². The van der Waals surface area contributed by atoms with Crippen molar-refractivity contribution < 1.29 is 29.4 Å². The number of carboxylic acids is 2. The van der Waals surface area contributed by atoms with Crippen molar-refractivity contribution in [3.63, 3.8) is 0 Å². The second-order valence-electron chi connectivity index (χ2n) is 11.1. The SMILES string of the molecule is O=C(O)CCCCCCCCCCC(=O)NC1CCCCC1NC(=O)CCCCCCCCCCC(=O)O. The van der Waals surface area contributed by atoms with Gasteiger partial charge >= 0.3 is 11.9 Å². The molecule has 0 spiro atoms. The highest BCUT2D eigenvalue weighted by molar-refractivity contribution is 5.77. The third-order valence-electron chi connectivity index (χ3n) is 7.55.